The number of methoxy groups -OCH3 is 1. The molecule has 0 aromatic heterocycles. The van der Waals surface area contributed by atoms with Crippen LogP contribution in [0, 0.1) is 12.7 Å². The highest BCUT2D eigenvalue weighted by atomic mass is 19.1. The molecule has 2 nitrogen and oxygen atoms in total. The van der Waals surface area contributed by atoms with Gasteiger partial charge in [-0.25, -0.2) is 4.39 Å². The summed E-state index contributed by atoms with van der Waals surface area (Å²) in [5.74, 6) is -0.542. The molecule has 0 radical (unpaired) electrons. The quantitative estimate of drug-likeness (QED) is 0.774. The zero-order valence-electron chi connectivity index (χ0n) is 10.2. The maximum Gasteiger partial charge on any atom is 0.193 e. The molecule has 0 bridgehead atoms. The van der Waals surface area contributed by atoms with Gasteiger partial charge in [0.1, 0.15) is 0 Å². The van der Waals surface area contributed by atoms with E-state index in [0.717, 1.165) is 5.56 Å². The highest BCUT2D eigenvalue weighted by Crippen LogP contribution is 2.20. The van der Waals surface area contributed by atoms with Crippen LogP contribution in [-0.2, 0) is 0 Å². The summed E-state index contributed by atoms with van der Waals surface area (Å²) < 4.78 is 18.1. The van der Waals surface area contributed by atoms with E-state index in [2.05, 4.69) is 0 Å². The van der Waals surface area contributed by atoms with Crippen molar-refractivity contribution in [3.8, 4) is 5.75 Å². The third kappa shape index (κ3) is 2.40. The molecule has 2 aromatic rings. The number of halogens is 1. The molecule has 0 aliphatic rings. The number of hydrogen-bond donors (Lipinski definition) is 0. The molecule has 0 saturated carbocycles. The molecular formula is C15H13FO2. The number of carbonyl (C=O) groups is 1. The summed E-state index contributed by atoms with van der Waals surface area (Å²) in [6, 6.07) is 11.4. The van der Waals surface area contributed by atoms with Crippen LogP contribution in [0.4, 0.5) is 4.39 Å². The van der Waals surface area contributed by atoms with Gasteiger partial charge < -0.3 is 4.74 Å². The lowest BCUT2D eigenvalue weighted by Gasteiger charge is -2.05. The van der Waals surface area contributed by atoms with Crippen molar-refractivity contribution >= 4 is 5.78 Å². The Morgan fingerprint density at radius 1 is 1.06 bits per heavy atom. The van der Waals surface area contributed by atoms with Crippen LogP contribution < -0.4 is 4.74 Å². The summed E-state index contributed by atoms with van der Waals surface area (Å²) in [7, 11) is 1.37. The summed E-state index contributed by atoms with van der Waals surface area (Å²) in [5.41, 5.74) is 2.08. The summed E-state index contributed by atoms with van der Waals surface area (Å²) in [6.45, 7) is 1.95. The van der Waals surface area contributed by atoms with E-state index in [-0.39, 0.29) is 11.5 Å². The van der Waals surface area contributed by atoms with E-state index >= 15 is 0 Å². The van der Waals surface area contributed by atoms with Crippen molar-refractivity contribution in [3.63, 3.8) is 0 Å². The Balaban J connectivity index is 2.37. The molecule has 2 rings (SSSR count). The molecule has 0 spiro atoms. The molecule has 2 aromatic carbocycles. The standard InChI is InChI=1S/C15H13FO2/c1-10-3-5-11(6-4-10)15(17)12-7-8-13(16)14(9-12)18-2/h3-9H,1-2H3. The molecule has 92 valence electrons. The lowest BCUT2D eigenvalue weighted by Crippen LogP contribution is -2.02. The Kier molecular flexibility index (Phi) is 3.42. The van der Waals surface area contributed by atoms with Gasteiger partial charge >= 0.3 is 0 Å². The third-order valence-corrected chi connectivity index (χ3v) is 2.73. The first kappa shape index (κ1) is 12.3. The molecule has 0 N–H and O–H groups in total. The number of carbonyl (C=O) groups excluding carboxylic acids is 1. The fourth-order valence-electron chi connectivity index (χ4n) is 1.67. The van der Waals surface area contributed by atoms with Crippen molar-refractivity contribution in [1.82, 2.24) is 0 Å². The Morgan fingerprint density at radius 2 is 1.67 bits per heavy atom. The molecule has 0 fully saturated rings. The fourth-order valence-corrected chi connectivity index (χ4v) is 1.67. The van der Waals surface area contributed by atoms with E-state index in [4.69, 9.17) is 4.74 Å². The zero-order chi connectivity index (χ0) is 13.1. The number of rotatable bonds is 3. The Morgan fingerprint density at radius 3 is 2.28 bits per heavy atom. The predicted molar refractivity (Wildman–Crippen MR) is 67.6 cm³/mol. The van der Waals surface area contributed by atoms with E-state index in [1.807, 2.05) is 19.1 Å². The average Bonchev–Trinajstić information content (AvgIpc) is 2.39. The van der Waals surface area contributed by atoms with Gasteiger partial charge in [0.2, 0.25) is 0 Å². The molecule has 0 amide bonds. The Labute approximate surface area is 105 Å². The van der Waals surface area contributed by atoms with E-state index in [9.17, 15) is 9.18 Å². The van der Waals surface area contributed by atoms with Gasteiger partial charge in [-0.2, -0.15) is 0 Å². The molecule has 0 aliphatic carbocycles. The van der Waals surface area contributed by atoms with Gasteiger partial charge in [-0.3, -0.25) is 4.79 Å². The minimum Gasteiger partial charge on any atom is -0.494 e. The summed E-state index contributed by atoms with van der Waals surface area (Å²) in [6.07, 6.45) is 0. The molecule has 0 unspecified atom stereocenters. The second-order valence-electron chi connectivity index (χ2n) is 4.04. The van der Waals surface area contributed by atoms with Crippen LogP contribution in [-0.4, -0.2) is 12.9 Å². The number of benzene rings is 2. The molecule has 3 heteroatoms. The third-order valence-electron chi connectivity index (χ3n) is 2.73. The van der Waals surface area contributed by atoms with Crippen LogP contribution >= 0.6 is 0 Å². The molecule has 0 atom stereocenters. The number of hydrogen-bond acceptors (Lipinski definition) is 2. The van der Waals surface area contributed by atoms with Crippen molar-refractivity contribution in [2.24, 2.45) is 0 Å². The lowest BCUT2D eigenvalue weighted by molar-refractivity contribution is 0.103. The molecule has 0 heterocycles. The smallest absolute Gasteiger partial charge is 0.193 e. The molecule has 0 saturated heterocycles. The first-order valence-corrected chi connectivity index (χ1v) is 5.56. The van der Waals surface area contributed by atoms with Crippen molar-refractivity contribution in [2.45, 2.75) is 6.92 Å². The maximum atomic E-state index is 13.3. The molecule has 0 aliphatic heterocycles. The van der Waals surface area contributed by atoms with Crippen LogP contribution in [0.1, 0.15) is 21.5 Å². The number of ether oxygens (including phenoxy) is 1. The highest BCUT2D eigenvalue weighted by molar-refractivity contribution is 6.09. The summed E-state index contributed by atoms with van der Waals surface area (Å²) >= 11 is 0. The normalized spacial score (nSPS) is 10.2. The van der Waals surface area contributed by atoms with E-state index in [1.54, 1.807) is 12.1 Å². The summed E-state index contributed by atoms with van der Waals surface area (Å²) in [5, 5.41) is 0. The zero-order valence-corrected chi connectivity index (χ0v) is 10.2. The SMILES string of the molecule is COc1cc(C(=O)c2ccc(C)cc2)ccc1F. The molecule has 18 heavy (non-hydrogen) atoms. The highest BCUT2D eigenvalue weighted by Gasteiger charge is 2.11. The van der Waals surface area contributed by atoms with Crippen molar-refractivity contribution < 1.29 is 13.9 Å². The van der Waals surface area contributed by atoms with Crippen LogP contribution in [0.3, 0.4) is 0 Å². The predicted octanol–water partition coefficient (Wildman–Crippen LogP) is 3.37. The largest absolute Gasteiger partial charge is 0.494 e. The number of aryl methyl sites for hydroxylation is 1. The van der Waals surface area contributed by atoms with Crippen LogP contribution in [0.5, 0.6) is 5.75 Å². The molecular weight excluding hydrogens is 231 g/mol. The van der Waals surface area contributed by atoms with Crippen molar-refractivity contribution in [3.05, 3.63) is 65.0 Å². The minimum absolute atomic E-state index is 0.0768. The second-order valence-corrected chi connectivity index (χ2v) is 4.04. The van der Waals surface area contributed by atoms with Gasteiger partial charge in [0, 0.05) is 11.1 Å². The van der Waals surface area contributed by atoms with Gasteiger partial charge in [0.15, 0.2) is 17.3 Å². The summed E-state index contributed by atoms with van der Waals surface area (Å²) in [4.78, 5) is 12.2. The first-order chi connectivity index (χ1) is 8.61. The van der Waals surface area contributed by atoms with Gasteiger partial charge in [0.05, 0.1) is 7.11 Å². The maximum absolute atomic E-state index is 13.3. The Bertz CT molecular complexity index is 574. The lowest BCUT2D eigenvalue weighted by atomic mass is 10.0. The van der Waals surface area contributed by atoms with E-state index in [0.29, 0.717) is 11.1 Å². The van der Waals surface area contributed by atoms with Crippen molar-refractivity contribution in [2.75, 3.05) is 7.11 Å². The van der Waals surface area contributed by atoms with Crippen LogP contribution in [0.25, 0.3) is 0 Å². The van der Waals surface area contributed by atoms with Gasteiger partial charge in [-0.1, -0.05) is 29.8 Å². The minimum atomic E-state index is -0.474. The van der Waals surface area contributed by atoms with E-state index < -0.39 is 5.82 Å². The van der Waals surface area contributed by atoms with Crippen LogP contribution in [0.15, 0.2) is 42.5 Å². The van der Waals surface area contributed by atoms with E-state index in [1.165, 1.54) is 25.3 Å². The average molecular weight is 244 g/mol. The van der Waals surface area contributed by atoms with Crippen LogP contribution in [0.2, 0.25) is 0 Å². The van der Waals surface area contributed by atoms with Gasteiger partial charge in [-0.05, 0) is 25.1 Å². The Hall–Kier alpha value is -2.16. The van der Waals surface area contributed by atoms with Crippen molar-refractivity contribution in [1.29, 1.82) is 0 Å². The monoisotopic (exact) mass is 244 g/mol. The second kappa shape index (κ2) is 5.00. The van der Waals surface area contributed by atoms with Gasteiger partial charge in [0.25, 0.3) is 0 Å². The topological polar surface area (TPSA) is 26.3 Å². The van der Waals surface area contributed by atoms with Gasteiger partial charge in [-0.15, -0.1) is 0 Å². The number of ketones is 1. The first-order valence-electron chi connectivity index (χ1n) is 5.56. The fraction of sp³-hybridized carbons (Fsp3) is 0.133.